The Morgan fingerprint density at radius 3 is 0.982 bits per heavy atom. The van der Waals surface area contributed by atoms with Gasteiger partial charge in [0.05, 0.1) is 12.3 Å². The van der Waals surface area contributed by atoms with Gasteiger partial charge in [-0.2, -0.15) is 0 Å². The molecule has 0 saturated carbocycles. The quantitative estimate of drug-likeness (QED) is 0.0352. The first-order valence-electron chi connectivity index (χ1n) is 24.9. The van der Waals surface area contributed by atoms with E-state index in [2.05, 4.69) is 45.1 Å². The molecule has 0 aliphatic carbocycles. The summed E-state index contributed by atoms with van der Waals surface area (Å²) in [5.41, 5.74) is 0. The van der Waals surface area contributed by atoms with Gasteiger partial charge in [0.2, 0.25) is 0 Å². The van der Waals surface area contributed by atoms with Gasteiger partial charge in [0.1, 0.15) is 11.6 Å². The molecule has 0 heterocycles. The summed E-state index contributed by atoms with van der Waals surface area (Å²) >= 11 is 0. The molecule has 0 saturated heterocycles. The Morgan fingerprint density at radius 2 is 0.618 bits per heavy atom. The minimum Gasteiger partial charge on any atom is -0.299 e. The predicted octanol–water partition coefficient (Wildman–Crippen LogP) is 17.5. The molecule has 1 unspecified atom stereocenters. The van der Waals surface area contributed by atoms with Crippen molar-refractivity contribution in [2.75, 3.05) is 0 Å². The molecule has 0 spiro atoms. The van der Waals surface area contributed by atoms with E-state index in [1.54, 1.807) is 0 Å². The van der Waals surface area contributed by atoms with Crippen LogP contribution in [0.5, 0.6) is 0 Å². The van der Waals surface area contributed by atoms with E-state index in [1.165, 1.54) is 173 Å². The number of carbonyl (C=O) groups excluding carboxylic acids is 3. The first kappa shape index (κ1) is 53.5. The van der Waals surface area contributed by atoms with E-state index in [-0.39, 0.29) is 23.8 Å². The first-order chi connectivity index (χ1) is 27.1. The molecule has 0 amide bonds. The van der Waals surface area contributed by atoms with E-state index in [4.69, 9.17) is 0 Å². The molecule has 322 valence electrons. The minimum atomic E-state index is -0.562. The molecule has 0 aromatic carbocycles. The lowest BCUT2D eigenvalue weighted by atomic mass is 9.87. The predicted molar refractivity (Wildman–Crippen MR) is 243 cm³/mol. The number of Topliss-reactive ketones (excluding diaryl/α,β-unsaturated/α-hetero) is 3. The van der Waals surface area contributed by atoms with Crippen LogP contribution >= 0.6 is 0 Å². The summed E-state index contributed by atoms with van der Waals surface area (Å²) in [5.74, 6) is -0.514. The summed E-state index contributed by atoms with van der Waals surface area (Å²) in [5, 5.41) is 0. The van der Waals surface area contributed by atoms with Gasteiger partial charge in [-0.1, -0.05) is 218 Å². The summed E-state index contributed by atoms with van der Waals surface area (Å²) in [6.45, 7) is 6.81. The Bertz CT molecular complexity index is 885. The van der Waals surface area contributed by atoms with E-state index in [9.17, 15) is 14.4 Å². The summed E-state index contributed by atoms with van der Waals surface area (Å²) < 4.78 is 0. The number of ketones is 3. The van der Waals surface area contributed by atoms with Gasteiger partial charge in [-0.05, 0) is 70.6 Å². The second kappa shape index (κ2) is 45.2. The molecular formula is C52H96O3. The summed E-state index contributed by atoms with van der Waals surface area (Å²) in [6, 6.07) is 0. The Hall–Kier alpha value is -1.51. The molecule has 0 bridgehead atoms. The van der Waals surface area contributed by atoms with E-state index >= 15 is 0 Å². The van der Waals surface area contributed by atoms with E-state index in [1.807, 2.05) is 0 Å². The van der Waals surface area contributed by atoms with E-state index in [0.29, 0.717) is 19.3 Å². The normalized spacial score (nSPS) is 12.3. The molecule has 0 rings (SSSR count). The minimum absolute atomic E-state index is 0.0375. The molecule has 3 nitrogen and oxygen atoms in total. The molecule has 0 N–H and O–H groups in total. The Labute approximate surface area is 344 Å². The molecule has 0 aromatic heterocycles. The molecular weight excluding hydrogens is 673 g/mol. The Kier molecular flexibility index (Phi) is 44.0. The van der Waals surface area contributed by atoms with Crippen molar-refractivity contribution in [3.8, 4) is 0 Å². The van der Waals surface area contributed by atoms with Crippen LogP contribution in [0.2, 0.25) is 0 Å². The molecule has 0 radical (unpaired) electrons. The van der Waals surface area contributed by atoms with Crippen molar-refractivity contribution >= 4 is 17.3 Å². The van der Waals surface area contributed by atoms with Crippen molar-refractivity contribution in [3.05, 3.63) is 24.3 Å². The van der Waals surface area contributed by atoms with Crippen LogP contribution in [-0.4, -0.2) is 17.3 Å². The van der Waals surface area contributed by atoms with Crippen molar-refractivity contribution < 1.29 is 14.4 Å². The zero-order chi connectivity index (χ0) is 40.1. The van der Waals surface area contributed by atoms with Crippen molar-refractivity contribution in [3.63, 3.8) is 0 Å². The van der Waals surface area contributed by atoms with Crippen LogP contribution in [0.25, 0.3) is 0 Å². The molecule has 3 heteroatoms. The number of hydrogen-bond donors (Lipinski definition) is 0. The number of unbranched alkanes of at least 4 members (excludes halogenated alkanes) is 32. The highest BCUT2D eigenvalue weighted by atomic mass is 16.2. The fourth-order valence-corrected chi connectivity index (χ4v) is 7.86. The van der Waals surface area contributed by atoms with Gasteiger partial charge in [0.15, 0.2) is 5.78 Å². The van der Waals surface area contributed by atoms with Gasteiger partial charge in [-0.25, -0.2) is 0 Å². The molecule has 0 aliphatic heterocycles. The smallest absolute Gasteiger partial charge is 0.150 e. The largest absolute Gasteiger partial charge is 0.299 e. The fraction of sp³-hybridized carbons (Fsp3) is 0.865. The average molecular weight is 769 g/mol. The number of allylic oxidation sites excluding steroid dienone is 4. The topological polar surface area (TPSA) is 51.2 Å². The third-order valence-corrected chi connectivity index (χ3v) is 11.6. The van der Waals surface area contributed by atoms with Crippen LogP contribution in [0.4, 0.5) is 0 Å². The van der Waals surface area contributed by atoms with Gasteiger partial charge >= 0.3 is 0 Å². The first-order valence-corrected chi connectivity index (χ1v) is 24.9. The van der Waals surface area contributed by atoms with Crippen LogP contribution in [0.3, 0.4) is 0 Å². The molecule has 0 aliphatic rings. The number of rotatable bonds is 46. The molecule has 1 atom stereocenters. The van der Waals surface area contributed by atoms with Crippen LogP contribution in [0.1, 0.15) is 284 Å². The lowest BCUT2D eigenvalue weighted by molar-refractivity contribution is -0.135. The maximum absolute atomic E-state index is 13.4. The zero-order valence-corrected chi connectivity index (χ0v) is 37.6. The van der Waals surface area contributed by atoms with Gasteiger partial charge in [-0.15, -0.1) is 0 Å². The van der Waals surface area contributed by atoms with Crippen molar-refractivity contribution in [1.82, 2.24) is 0 Å². The van der Waals surface area contributed by atoms with Crippen LogP contribution in [0.15, 0.2) is 24.3 Å². The lowest BCUT2D eigenvalue weighted by Crippen LogP contribution is -2.26. The standard InChI is InChI=1S/C52H96O3/c1-4-7-10-13-16-19-22-24-26-28-31-33-36-39-42-45-49(53)48-52(55)50(46-43-40-37-34-30-21-18-15-12-9-6-3)51(54)47-44-41-38-35-32-29-27-25-23-20-17-14-11-8-5-2/h24-27,50H,4-23,28-48H2,1-3H3/b26-24-,27-25-. The van der Waals surface area contributed by atoms with Gasteiger partial charge < -0.3 is 0 Å². The Morgan fingerprint density at radius 1 is 0.327 bits per heavy atom. The molecule has 0 aromatic rings. The molecule has 55 heavy (non-hydrogen) atoms. The fourth-order valence-electron chi connectivity index (χ4n) is 7.86. The van der Waals surface area contributed by atoms with Gasteiger partial charge in [-0.3, -0.25) is 14.4 Å². The lowest BCUT2D eigenvalue weighted by Gasteiger charge is -2.15. The third kappa shape index (κ3) is 40.5. The second-order valence-corrected chi connectivity index (χ2v) is 17.2. The Balaban J connectivity index is 4.36. The number of carbonyl (C=O) groups is 3. The maximum atomic E-state index is 13.4. The SMILES string of the molecule is CCCCCCCC/C=C\CCCCCCCC(=O)CC(=O)C(CCCCCCCCCCCCC)C(=O)CCCCCCC/C=C\CCCCCCCC. The second-order valence-electron chi connectivity index (χ2n) is 17.2. The maximum Gasteiger partial charge on any atom is 0.150 e. The van der Waals surface area contributed by atoms with E-state index < -0.39 is 5.92 Å². The summed E-state index contributed by atoms with van der Waals surface area (Å²) in [6.07, 6.45) is 57.0. The summed E-state index contributed by atoms with van der Waals surface area (Å²) in [7, 11) is 0. The highest BCUT2D eigenvalue weighted by Gasteiger charge is 2.26. The van der Waals surface area contributed by atoms with Crippen LogP contribution in [-0.2, 0) is 14.4 Å². The monoisotopic (exact) mass is 769 g/mol. The number of hydrogen-bond acceptors (Lipinski definition) is 3. The van der Waals surface area contributed by atoms with Gasteiger partial charge in [0.25, 0.3) is 0 Å². The zero-order valence-electron chi connectivity index (χ0n) is 37.6. The molecule has 0 fully saturated rings. The van der Waals surface area contributed by atoms with Crippen LogP contribution in [0, 0.1) is 5.92 Å². The van der Waals surface area contributed by atoms with Crippen molar-refractivity contribution in [2.45, 2.75) is 284 Å². The highest BCUT2D eigenvalue weighted by molar-refractivity contribution is 6.09. The van der Waals surface area contributed by atoms with Crippen molar-refractivity contribution in [2.24, 2.45) is 5.92 Å². The highest BCUT2D eigenvalue weighted by Crippen LogP contribution is 2.21. The van der Waals surface area contributed by atoms with E-state index in [0.717, 1.165) is 64.2 Å². The average Bonchev–Trinajstić information content (AvgIpc) is 3.18. The third-order valence-electron chi connectivity index (χ3n) is 11.6. The summed E-state index contributed by atoms with van der Waals surface area (Å²) in [4.78, 5) is 39.6. The van der Waals surface area contributed by atoms with Crippen molar-refractivity contribution in [1.29, 1.82) is 0 Å². The van der Waals surface area contributed by atoms with Crippen LogP contribution < -0.4 is 0 Å². The van der Waals surface area contributed by atoms with Gasteiger partial charge in [0, 0.05) is 12.8 Å².